The minimum atomic E-state index is -0.585. The lowest BCUT2D eigenvalue weighted by molar-refractivity contribution is -0.384. The molecular weight excluding hydrogens is 472 g/mol. The normalized spacial score (nSPS) is 15.4. The van der Waals surface area contributed by atoms with Gasteiger partial charge in [0.25, 0.3) is 5.69 Å². The topological polar surface area (TPSA) is 147 Å². The average molecular weight is 503 g/mol. The van der Waals surface area contributed by atoms with Gasteiger partial charge in [0.1, 0.15) is 0 Å². The van der Waals surface area contributed by atoms with Crippen molar-refractivity contribution in [3.63, 3.8) is 0 Å². The van der Waals surface area contributed by atoms with Gasteiger partial charge in [0.05, 0.1) is 56.7 Å². The Kier molecular flexibility index (Phi) is 9.42. The summed E-state index contributed by atoms with van der Waals surface area (Å²) < 4.78 is 19.8. The van der Waals surface area contributed by atoms with Crippen LogP contribution in [0.1, 0.15) is 20.7 Å². The number of carbonyl (C=O) groups excluding carboxylic acids is 2. The number of benzene rings is 2. The summed E-state index contributed by atoms with van der Waals surface area (Å²) in [5, 5.41) is 10.9. The van der Waals surface area contributed by atoms with Crippen molar-refractivity contribution in [3.05, 3.63) is 57.6 Å². The van der Waals surface area contributed by atoms with Gasteiger partial charge in [-0.2, -0.15) is 0 Å². The van der Waals surface area contributed by atoms with Crippen molar-refractivity contribution in [2.75, 3.05) is 82.4 Å². The molecule has 12 nitrogen and oxygen atoms in total. The lowest BCUT2D eigenvalue weighted by Crippen LogP contribution is -2.36. The summed E-state index contributed by atoms with van der Waals surface area (Å²) >= 11 is 0. The van der Waals surface area contributed by atoms with Gasteiger partial charge in [-0.05, 0) is 24.3 Å². The van der Waals surface area contributed by atoms with Gasteiger partial charge in [0, 0.05) is 55.4 Å². The van der Waals surface area contributed by atoms with Crippen LogP contribution in [0.25, 0.3) is 0 Å². The lowest BCUT2D eigenvalue weighted by atomic mass is 10.1. The summed E-state index contributed by atoms with van der Waals surface area (Å²) in [5.74, 6) is -0.954. The molecule has 0 saturated carbocycles. The molecule has 2 fully saturated rings. The molecule has 12 heteroatoms. The maximum atomic E-state index is 11.5. The summed E-state index contributed by atoms with van der Waals surface area (Å²) in [6, 6.07) is 9.55. The van der Waals surface area contributed by atoms with Gasteiger partial charge in [-0.1, -0.05) is 0 Å². The lowest BCUT2D eigenvalue weighted by Gasteiger charge is -2.29. The predicted octanol–water partition coefficient (Wildman–Crippen LogP) is 2.11. The number of nitro groups is 1. The zero-order valence-corrected chi connectivity index (χ0v) is 20.3. The first-order valence-electron chi connectivity index (χ1n) is 11.3. The summed E-state index contributed by atoms with van der Waals surface area (Å²) in [6.07, 6.45) is 0. The third kappa shape index (κ3) is 7.06. The molecule has 2 saturated heterocycles. The number of nitrogens with two attached hydrogens (primary N) is 1. The van der Waals surface area contributed by atoms with Crippen molar-refractivity contribution in [3.8, 4) is 0 Å². The fourth-order valence-electron chi connectivity index (χ4n) is 3.81. The maximum absolute atomic E-state index is 11.5. The van der Waals surface area contributed by atoms with Crippen LogP contribution in [0.15, 0.2) is 36.4 Å². The molecule has 2 aromatic carbocycles. The molecule has 2 aliphatic rings. The molecule has 0 aromatic heterocycles. The number of ether oxygens (including phenoxy) is 4. The summed E-state index contributed by atoms with van der Waals surface area (Å²) in [6.45, 7) is 5.43. The van der Waals surface area contributed by atoms with Crippen molar-refractivity contribution in [1.29, 1.82) is 0 Å². The van der Waals surface area contributed by atoms with Crippen molar-refractivity contribution < 1.29 is 33.5 Å². The van der Waals surface area contributed by atoms with E-state index in [2.05, 4.69) is 9.64 Å². The van der Waals surface area contributed by atoms with E-state index < -0.39 is 10.9 Å². The fourth-order valence-corrected chi connectivity index (χ4v) is 3.81. The van der Waals surface area contributed by atoms with Gasteiger partial charge >= 0.3 is 11.9 Å². The molecule has 2 heterocycles. The van der Waals surface area contributed by atoms with E-state index in [1.54, 1.807) is 18.2 Å². The molecule has 0 amide bonds. The molecule has 0 radical (unpaired) electrons. The Morgan fingerprint density at radius 3 is 1.69 bits per heavy atom. The highest BCUT2D eigenvalue weighted by Gasteiger charge is 2.19. The van der Waals surface area contributed by atoms with Crippen LogP contribution in [0.2, 0.25) is 0 Å². The molecule has 2 aromatic rings. The Morgan fingerprint density at radius 2 is 1.25 bits per heavy atom. The van der Waals surface area contributed by atoms with Crippen LogP contribution >= 0.6 is 0 Å². The first kappa shape index (κ1) is 26.7. The Bertz CT molecular complexity index is 1080. The number of hydrogen-bond donors (Lipinski definition) is 1. The molecule has 36 heavy (non-hydrogen) atoms. The number of hydrogen-bond acceptors (Lipinski definition) is 11. The van der Waals surface area contributed by atoms with E-state index >= 15 is 0 Å². The van der Waals surface area contributed by atoms with Crippen LogP contribution < -0.4 is 15.5 Å². The third-order valence-electron chi connectivity index (χ3n) is 5.65. The quantitative estimate of drug-likeness (QED) is 0.277. The Labute approximate surface area is 208 Å². The van der Waals surface area contributed by atoms with Crippen LogP contribution in [0, 0.1) is 10.1 Å². The van der Waals surface area contributed by atoms with Gasteiger partial charge in [-0.3, -0.25) is 10.1 Å². The number of rotatable bonds is 5. The number of methoxy groups -OCH3 is 2. The molecule has 0 unspecified atom stereocenters. The standard InChI is InChI=1S/C12H14N2O5.C12H16N2O3/c1-18-12(15)9-6-10(8-11(7-9)14(16)17)13-2-4-19-5-3-13;1-16-12(15)9-6-10(13)8-11(7-9)14-2-4-17-5-3-14/h6-8H,2-5H2,1H3;6-8H,2-5,13H2,1H3. The summed E-state index contributed by atoms with van der Waals surface area (Å²) in [5.41, 5.74) is 8.47. The molecule has 194 valence electrons. The van der Waals surface area contributed by atoms with Gasteiger partial charge < -0.3 is 34.5 Å². The number of non-ortho nitro benzene ring substituents is 1. The van der Waals surface area contributed by atoms with E-state index in [9.17, 15) is 19.7 Å². The zero-order chi connectivity index (χ0) is 26.1. The van der Waals surface area contributed by atoms with Crippen LogP contribution in [-0.2, 0) is 18.9 Å². The number of nitrogens with zero attached hydrogens (tertiary/aromatic N) is 3. The second kappa shape index (κ2) is 12.7. The van der Waals surface area contributed by atoms with Gasteiger partial charge in [-0.15, -0.1) is 0 Å². The average Bonchev–Trinajstić information content (AvgIpc) is 2.92. The van der Waals surface area contributed by atoms with Gasteiger partial charge in [-0.25, -0.2) is 9.59 Å². The Morgan fingerprint density at radius 1 is 0.806 bits per heavy atom. The van der Waals surface area contributed by atoms with Crippen molar-refractivity contribution in [2.24, 2.45) is 0 Å². The predicted molar refractivity (Wildman–Crippen MR) is 133 cm³/mol. The number of nitro benzene ring substituents is 1. The molecule has 2 aliphatic heterocycles. The third-order valence-corrected chi connectivity index (χ3v) is 5.65. The highest BCUT2D eigenvalue weighted by atomic mass is 16.6. The van der Waals surface area contributed by atoms with E-state index in [4.69, 9.17) is 19.9 Å². The van der Waals surface area contributed by atoms with Gasteiger partial charge in [0.15, 0.2) is 0 Å². The second-order valence-corrected chi connectivity index (χ2v) is 7.99. The Hall–Kier alpha value is -3.90. The number of esters is 2. The van der Waals surface area contributed by atoms with E-state index in [0.717, 1.165) is 18.8 Å². The van der Waals surface area contributed by atoms with Crippen molar-refractivity contribution in [2.45, 2.75) is 0 Å². The van der Waals surface area contributed by atoms with E-state index in [0.29, 0.717) is 56.5 Å². The molecule has 0 spiro atoms. The highest BCUT2D eigenvalue weighted by Crippen LogP contribution is 2.25. The van der Waals surface area contributed by atoms with E-state index in [-0.39, 0.29) is 17.2 Å². The van der Waals surface area contributed by atoms with Gasteiger partial charge in [0.2, 0.25) is 0 Å². The van der Waals surface area contributed by atoms with Crippen molar-refractivity contribution >= 4 is 34.7 Å². The fraction of sp³-hybridized carbons (Fsp3) is 0.417. The van der Waals surface area contributed by atoms with Crippen LogP contribution in [-0.4, -0.2) is 83.7 Å². The number of morpholine rings is 2. The molecule has 0 aliphatic carbocycles. The zero-order valence-electron chi connectivity index (χ0n) is 20.3. The summed E-state index contributed by atoms with van der Waals surface area (Å²) in [7, 11) is 2.61. The smallest absolute Gasteiger partial charge is 0.338 e. The summed E-state index contributed by atoms with van der Waals surface area (Å²) in [4.78, 5) is 37.5. The van der Waals surface area contributed by atoms with E-state index in [1.165, 1.54) is 26.4 Å². The first-order chi connectivity index (χ1) is 17.3. The molecule has 2 N–H and O–H groups in total. The monoisotopic (exact) mass is 502 g/mol. The number of carbonyl (C=O) groups is 2. The minimum absolute atomic E-state index is 0.121. The second-order valence-electron chi connectivity index (χ2n) is 7.99. The highest BCUT2D eigenvalue weighted by molar-refractivity contribution is 5.92. The number of nitrogen functional groups attached to an aromatic ring is 1. The molecular formula is C24H30N4O8. The SMILES string of the molecule is COC(=O)c1cc(N)cc(N2CCOCC2)c1.COC(=O)c1cc(N2CCOCC2)cc([N+](=O)[O-])c1. The minimum Gasteiger partial charge on any atom is -0.465 e. The molecule has 0 bridgehead atoms. The Balaban J connectivity index is 0.000000202. The number of anilines is 3. The molecule has 4 rings (SSSR count). The first-order valence-corrected chi connectivity index (χ1v) is 11.3. The van der Waals surface area contributed by atoms with Crippen molar-refractivity contribution in [1.82, 2.24) is 0 Å². The van der Waals surface area contributed by atoms with Crippen LogP contribution in [0.5, 0.6) is 0 Å². The van der Waals surface area contributed by atoms with Crippen LogP contribution in [0.3, 0.4) is 0 Å². The maximum Gasteiger partial charge on any atom is 0.338 e. The van der Waals surface area contributed by atoms with Crippen LogP contribution in [0.4, 0.5) is 22.7 Å². The molecule has 0 atom stereocenters. The van der Waals surface area contributed by atoms with E-state index in [1.807, 2.05) is 11.0 Å². The largest absolute Gasteiger partial charge is 0.465 e.